The molecular formula is C14H14FN5O2. The summed E-state index contributed by atoms with van der Waals surface area (Å²) in [4.78, 5) is 24.6. The maximum absolute atomic E-state index is 13.5. The molecule has 1 aromatic carbocycles. The van der Waals surface area contributed by atoms with E-state index in [1.807, 2.05) is 0 Å². The molecule has 4 N–H and O–H groups in total. The fourth-order valence-corrected chi connectivity index (χ4v) is 2.39. The number of carbonyl (C=O) groups excluding carboxylic acids is 2. The maximum Gasteiger partial charge on any atom is 0.315 e. The van der Waals surface area contributed by atoms with Crippen LogP contribution in [0.1, 0.15) is 16.8 Å². The average Bonchev–Trinajstić information content (AvgIpc) is 3.03. The lowest BCUT2D eigenvalue weighted by molar-refractivity contribution is -0.115. The van der Waals surface area contributed by atoms with E-state index in [0.717, 1.165) is 5.56 Å². The number of hydrogen-bond acceptors (Lipinski definition) is 3. The van der Waals surface area contributed by atoms with Gasteiger partial charge < -0.3 is 16.0 Å². The summed E-state index contributed by atoms with van der Waals surface area (Å²) in [6, 6.07) is 5.56. The lowest BCUT2D eigenvalue weighted by Crippen LogP contribution is -2.31. The van der Waals surface area contributed by atoms with Crippen molar-refractivity contribution in [2.24, 2.45) is 5.73 Å². The second kappa shape index (κ2) is 5.47. The number of halogens is 1. The summed E-state index contributed by atoms with van der Waals surface area (Å²) >= 11 is 0. The van der Waals surface area contributed by atoms with Gasteiger partial charge in [-0.2, -0.15) is 5.10 Å². The van der Waals surface area contributed by atoms with Crippen LogP contribution >= 0.6 is 0 Å². The molecule has 7 nitrogen and oxygen atoms in total. The molecule has 3 rings (SSSR count). The lowest BCUT2D eigenvalue weighted by atomic mass is 10.1. The smallest absolute Gasteiger partial charge is 0.315 e. The number of primary amides is 1. The van der Waals surface area contributed by atoms with Crippen LogP contribution in [0, 0.1) is 5.82 Å². The molecular weight excluding hydrogens is 289 g/mol. The molecule has 8 heteroatoms. The zero-order valence-corrected chi connectivity index (χ0v) is 11.6. The molecule has 0 bridgehead atoms. The molecule has 0 spiro atoms. The zero-order valence-electron chi connectivity index (χ0n) is 11.6. The minimum Gasteiger partial charge on any atom is -0.351 e. The van der Waals surface area contributed by atoms with Crippen LogP contribution in [0.4, 0.5) is 15.0 Å². The van der Waals surface area contributed by atoms with Crippen LogP contribution in [0.2, 0.25) is 0 Å². The van der Waals surface area contributed by atoms with E-state index >= 15 is 0 Å². The normalized spacial score (nSPS) is 13.0. The number of anilines is 1. The molecule has 0 saturated carbocycles. The number of nitrogens with two attached hydrogens (primary N) is 1. The molecule has 0 atom stereocenters. The fourth-order valence-electron chi connectivity index (χ4n) is 2.39. The van der Waals surface area contributed by atoms with Gasteiger partial charge in [-0.25, -0.2) is 9.18 Å². The van der Waals surface area contributed by atoms with Crippen molar-refractivity contribution in [3.05, 3.63) is 46.9 Å². The first-order chi connectivity index (χ1) is 10.5. The number of urea groups is 1. The van der Waals surface area contributed by atoms with Crippen molar-refractivity contribution < 1.29 is 14.0 Å². The number of nitrogens with zero attached hydrogens (tertiary/aromatic N) is 2. The van der Waals surface area contributed by atoms with E-state index in [1.54, 1.807) is 18.2 Å². The lowest BCUT2D eigenvalue weighted by Gasteiger charge is -2.11. The summed E-state index contributed by atoms with van der Waals surface area (Å²) in [7, 11) is 0. The first-order valence-electron chi connectivity index (χ1n) is 6.68. The Morgan fingerprint density at radius 1 is 1.36 bits per heavy atom. The number of fused-ring (bicyclic) bond motifs is 1. The molecule has 114 valence electrons. The third kappa shape index (κ3) is 2.62. The molecule has 1 aliphatic heterocycles. The number of aromatic nitrogens is 2. The van der Waals surface area contributed by atoms with Gasteiger partial charge in [0.2, 0.25) is 5.91 Å². The highest BCUT2D eigenvalue weighted by molar-refractivity contribution is 5.92. The van der Waals surface area contributed by atoms with E-state index in [2.05, 4.69) is 15.5 Å². The molecule has 0 radical (unpaired) electrons. The van der Waals surface area contributed by atoms with E-state index in [-0.39, 0.29) is 18.9 Å². The van der Waals surface area contributed by atoms with Gasteiger partial charge in [0.1, 0.15) is 11.6 Å². The molecule has 2 aromatic rings. The molecule has 0 fully saturated rings. The Morgan fingerprint density at radius 2 is 2.14 bits per heavy atom. The van der Waals surface area contributed by atoms with E-state index in [1.165, 1.54) is 11.0 Å². The average molecular weight is 303 g/mol. The second-order valence-electron chi connectivity index (χ2n) is 5.03. The third-order valence-electron chi connectivity index (χ3n) is 3.53. The molecule has 2 heterocycles. The predicted molar refractivity (Wildman–Crippen MR) is 76.2 cm³/mol. The maximum atomic E-state index is 13.5. The van der Waals surface area contributed by atoms with Gasteiger partial charge in [0.25, 0.3) is 0 Å². The molecule has 0 unspecified atom stereocenters. The Bertz CT molecular complexity index is 743. The van der Waals surface area contributed by atoms with E-state index in [0.29, 0.717) is 23.6 Å². The van der Waals surface area contributed by atoms with Gasteiger partial charge >= 0.3 is 6.03 Å². The van der Waals surface area contributed by atoms with Crippen LogP contribution in [-0.2, 0) is 24.3 Å². The highest BCUT2D eigenvalue weighted by Gasteiger charge is 2.27. The number of rotatable bonds is 3. The first-order valence-corrected chi connectivity index (χ1v) is 6.68. The SMILES string of the molecule is NC(=O)N1Cc2n[nH]c(NC(=O)Cc3ccccc3F)c2C1. The Kier molecular flexibility index (Phi) is 3.50. The van der Waals surface area contributed by atoms with Crippen LogP contribution in [0.15, 0.2) is 24.3 Å². The molecule has 3 amide bonds. The molecule has 1 aromatic heterocycles. The quantitative estimate of drug-likeness (QED) is 0.791. The minimum absolute atomic E-state index is 0.0833. The van der Waals surface area contributed by atoms with E-state index in [9.17, 15) is 14.0 Å². The number of hydrogen-bond donors (Lipinski definition) is 3. The number of carbonyl (C=O) groups is 2. The van der Waals surface area contributed by atoms with Crippen molar-refractivity contribution in [3.63, 3.8) is 0 Å². The van der Waals surface area contributed by atoms with Gasteiger partial charge in [0.05, 0.1) is 25.2 Å². The Balaban J connectivity index is 1.69. The standard InChI is InChI=1S/C14H14FN5O2/c15-10-4-2-1-3-8(10)5-12(21)17-13-9-6-20(14(16)22)7-11(9)18-19-13/h1-4H,5-7H2,(H2,16,22)(H2,17,18,19,21). The van der Waals surface area contributed by atoms with Gasteiger partial charge in [-0.3, -0.25) is 9.89 Å². The van der Waals surface area contributed by atoms with Crippen molar-refractivity contribution in [1.82, 2.24) is 15.1 Å². The van der Waals surface area contributed by atoms with Crippen LogP contribution in [-0.4, -0.2) is 27.0 Å². The summed E-state index contributed by atoms with van der Waals surface area (Å²) in [5, 5.41) is 9.41. The second-order valence-corrected chi connectivity index (χ2v) is 5.03. The number of benzene rings is 1. The van der Waals surface area contributed by atoms with E-state index in [4.69, 9.17) is 5.73 Å². The number of amides is 3. The minimum atomic E-state index is -0.540. The largest absolute Gasteiger partial charge is 0.351 e. The number of nitrogens with one attached hydrogen (secondary N) is 2. The molecule has 1 aliphatic rings. The van der Waals surface area contributed by atoms with Gasteiger partial charge in [0, 0.05) is 5.56 Å². The molecule has 0 saturated heterocycles. The van der Waals surface area contributed by atoms with Gasteiger partial charge in [-0.1, -0.05) is 18.2 Å². The van der Waals surface area contributed by atoms with E-state index < -0.39 is 11.8 Å². The summed E-state index contributed by atoms with van der Waals surface area (Å²) < 4.78 is 13.5. The molecule has 22 heavy (non-hydrogen) atoms. The van der Waals surface area contributed by atoms with Gasteiger partial charge in [-0.05, 0) is 11.6 Å². The summed E-state index contributed by atoms with van der Waals surface area (Å²) in [5.74, 6) is -0.374. The first kappa shape index (κ1) is 14.1. The Hall–Kier alpha value is -2.90. The van der Waals surface area contributed by atoms with Crippen LogP contribution in [0.3, 0.4) is 0 Å². The van der Waals surface area contributed by atoms with Crippen LogP contribution in [0.5, 0.6) is 0 Å². The van der Waals surface area contributed by atoms with Gasteiger partial charge in [0.15, 0.2) is 0 Å². The van der Waals surface area contributed by atoms with Crippen molar-refractivity contribution in [2.75, 3.05) is 5.32 Å². The Labute approximate surface area is 125 Å². The summed E-state index contributed by atoms with van der Waals surface area (Å²) in [5.41, 5.74) is 6.93. The highest BCUT2D eigenvalue weighted by Crippen LogP contribution is 2.26. The number of aromatic amines is 1. The van der Waals surface area contributed by atoms with Crippen molar-refractivity contribution >= 4 is 17.8 Å². The van der Waals surface area contributed by atoms with Crippen molar-refractivity contribution in [1.29, 1.82) is 0 Å². The summed E-state index contributed by atoms with van der Waals surface area (Å²) in [6.07, 6.45) is -0.0833. The van der Waals surface area contributed by atoms with Crippen LogP contribution in [0.25, 0.3) is 0 Å². The van der Waals surface area contributed by atoms with Gasteiger partial charge in [-0.15, -0.1) is 0 Å². The zero-order chi connectivity index (χ0) is 15.7. The van der Waals surface area contributed by atoms with Crippen molar-refractivity contribution in [3.8, 4) is 0 Å². The topological polar surface area (TPSA) is 104 Å². The summed E-state index contributed by atoms with van der Waals surface area (Å²) in [6.45, 7) is 0.598. The van der Waals surface area contributed by atoms with Crippen LogP contribution < -0.4 is 11.1 Å². The monoisotopic (exact) mass is 303 g/mol. The fraction of sp³-hybridized carbons (Fsp3) is 0.214. The van der Waals surface area contributed by atoms with Crippen molar-refractivity contribution in [2.45, 2.75) is 19.5 Å². The Morgan fingerprint density at radius 3 is 2.86 bits per heavy atom. The highest BCUT2D eigenvalue weighted by atomic mass is 19.1. The predicted octanol–water partition coefficient (Wildman–Crippen LogP) is 1.12. The molecule has 0 aliphatic carbocycles. The number of H-pyrrole nitrogens is 1. The third-order valence-corrected chi connectivity index (χ3v) is 3.53.